The predicted molar refractivity (Wildman–Crippen MR) is 57.5 cm³/mol. The molecular formula is C10H9BrN2O2. The zero-order valence-electron chi connectivity index (χ0n) is 8.11. The highest BCUT2D eigenvalue weighted by molar-refractivity contribution is 9.09. The second kappa shape index (κ2) is 5.47. The van der Waals surface area contributed by atoms with Crippen LogP contribution in [0.2, 0.25) is 0 Å². The van der Waals surface area contributed by atoms with Crippen LogP contribution in [-0.4, -0.2) is 17.6 Å². The standard InChI is InChI=1S/C10H9BrN2O2/c1-2-15-10(14)7-4-3-5-13-9(7)8(11)6-12/h3-5,8H,2H2,1H3. The highest BCUT2D eigenvalue weighted by Gasteiger charge is 2.18. The molecule has 0 aliphatic carbocycles. The number of pyridine rings is 1. The van der Waals surface area contributed by atoms with Crippen LogP contribution >= 0.6 is 15.9 Å². The number of rotatable bonds is 3. The van der Waals surface area contributed by atoms with Crippen molar-refractivity contribution < 1.29 is 9.53 Å². The fraction of sp³-hybridized carbons (Fsp3) is 0.300. The van der Waals surface area contributed by atoms with E-state index in [2.05, 4.69) is 20.9 Å². The third-order valence-electron chi connectivity index (χ3n) is 1.69. The minimum atomic E-state index is -0.599. The van der Waals surface area contributed by atoms with Crippen molar-refractivity contribution in [2.45, 2.75) is 11.8 Å². The number of esters is 1. The molecule has 0 saturated heterocycles. The van der Waals surface area contributed by atoms with Crippen LogP contribution in [0.4, 0.5) is 0 Å². The lowest BCUT2D eigenvalue weighted by atomic mass is 10.1. The Morgan fingerprint density at radius 3 is 3.13 bits per heavy atom. The molecule has 0 spiro atoms. The third kappa shape index (κ3) is 2.77. The van der Waals surface area contributed by atoms with E-state index in [1.165, 1.54) is 6.20 Å². The summed E-state index contributed by atoms with van der Waals surface area (Å²) in [5.41, 5.74) is 0.709. The van der Waals surface area contributed by atoms with Crippen molar-refractivity contribution in [1.29, 1.82) is 5.26 Å². The van der Waals surface area contributed by atoms with E-state index in [1.807, 2.05) is 6.07 Å². The van der Waals surface area contributed by atoms with Crippen LogP contribution in [0.5, 0.6) is 0 Å². The van der Waals surface area contributed by atoms with E-state index in [4.69, 9.17) is 10.00 Å². The quantitative estimate of drug-likeness (QED) is 0.623. The zero-order valence-corrected chi connectivity index (χ0v) is 9.69. The van der Waals surface area contributed by atoms with Crippen molar-refractivity contribution in [1.82, 2.24) is 4.98 Å². The lowest BCUT2D eigenvalue weighted by Gasteiger charge is -2.07. The number of halogens is 1. The van der Waals surface area contributed by atoms with Crippen molar-refractivity contribution in [3.8, 4) is 6.07 Å². The van der Waals surface area contributed by atoms with Crippen LogP contribution in [0.15, 0.2) is 18.3 Å². The van der Waals surface area contributed by atoms with Gasteiger partial charge in [-0.15, -0.1) is 0 Å². The number of hydrogen-bond donors (Lipinski definition) is 0. The second-order valence-electron chi connectivity index (χ2n) is 2.65. The predicted octanol–water partition coefficient (Wildman–Crippen LogP) is 2.22. The average Bonchev–Trinajstić information content (AvgIpc) is 2.28. The summed E-state index contributed by atoms with van der Waals surface area (Å²) >= 11 is 3.12. The number of alkyl halides is 1. The Labute approximate surface area is 96.0 Å². The SMILES string of the molecule is CCOC(=O)c1cccnc1C(Br)C#N. The number of hydrogen-bond acceptors (Lipinski definition) is 4. The first kappa shape index (κ1) is 11.7. The van der Waals surface area contributed by atoms with E-state index in [1.54, 1.807) is 19.1 Å². The number of ether oxygens (including phenoxy) is 1. The summed E-state index contributed by atoms with van der Waals surface area (Å²) in [5, 5.41) is 8.74. The zero-order chi connectivity index (χ0) is 11.3. The van der Waals surface area contributed by atoms with Crippen LogP contribution in [0.3, 0.4) is 0 Å². The van der Waals surface area contributed by atoms with Gasteiger partial charge in [0, 0.05) is 6.20 Å². The molecule has 1 rings (SSSR count). The van der Waals surface area contributed by atoms with Gasteiger partial charge < -0.3 is 4.74 Å². The average molecular weight is 269 g/mol. The molecule has 5 heteroatoms. The van der Waals surface area contributed by atoms with Gasteiger partial charge in [0.15, 0.2) is 0 Å². The number of carbonyl (C=O) groups is 1. The summed E-state index contributed by atoms with van der Waals surface area (Å²) in [6, 6.07) is 5.19. The molecule has 0 N–H and O–H groups in total. The molecule has 1 unspecified atom stereocenters. The Hall–Kier alpha value is -1.41. The van der Waals surface area contributed by atoms with Crippen LogP contribution in [0.1, 0.15) is 27.8 Å². The summed E-state index contributed by atoms with van der Waals surface area (Å²) in [6.45, 7) is 2.02. The van der Waals surface area contributed by atoms with Gasteiger partial charge in [-0.05, 0) is 19.1 Å². The Morgan fingerprint density at radius 2 is 2.53 bits per heavy atom. The minimum Gasteiger partial charge on any atom is -0.462 e. The summed E-state index contributed by atoms with van der Waals surface area (Å²) in [7, 11) is 0. The maximum Gasteiger partial charge on any atom is 0.340 e. The molecule has 0 radical (unpaired) electrons. The molecule has 1 aromatic heterocycles. The molecule has 0 bridgehead atoms. The Bertz CT molecular complexity index is 401. The molecule has 0 fully saturated rings. The molecule has 78 valence electrons. The van der Waals surface area contributed by atoms with E-state index in [9.17, 15) is 4.79 Å². The monoisotopic (exact) mass is 268 g/mol. The van der Waals surface area contributed by atoms with Gasteiger partial charge in [-0.25, -0.2) is 4.79 Å². The fourth-order valence-corrected chi connectivity index (χ4v) is 1.43. The molecule has 1 atom stereocenters. The van der Waals surface area contributed by atoms with Gasteiger partial charge in [0.1, 0.15) is 4.83 Å². The Morgan fingerprint density at radius 1 is 1.80 bits per heavy atom. The van der Waals surface area contributed by atoms with Crippen LogP contribution in [0.25, 0.3) is 0 Å². The Balaban J connectivity index is 3.07. The van der Waals surface area contributed by atoms with Gasteiger partial charge in [-0.2, -0.15) is 5.26 Å². The molecule has 0 saturated carbocycles. The third-order valence-corrected chi connectivity index (χ3v) is 2.33. The maximum absolute atomic E-state index is 11.5. The summed E-state index contributed by atoms with van der Waals surface area (Å²) in [5.74, 6) is -0.458. The first-order valence-electron chi connectivity index (χ1n) is 4.36. The minimum absolute atomic E-state index is 0.298. The molecule has 4 nitrogen and oxygen atoms in total. The molecule has 1 aromatic rings. The van der Waals surface area contributed by atoms with E-state index < -0.39 is 10.8 Å². The number of carbonyl (C=O) groups excluding carboxylic acids is 1. The normalized spacial score (nSPS) is 11.5. The van der Waals surface area contributed by atoms with Crippen LogP contribution in [-0.2, 0) is 4.74 Å². The lowest BCUT2D eigenvalue weighted by Crippen LogP contribution is -2.10. The van der Waals surface area contributed by atoms with Gasteiger partial charge in [-0.3, -0.25) is 4.98 Å². The van der Waals surface area contributed by atoms with Gasteiger partial charge >= 0.3 is 5.97 Å². The summed E-state index contributed by atoms with van der Waals surface area (Å²) < 4.78 is 4.85. The molecule has 15 heavy (non-hydrogen) atoms. The fourth-order valence-electron chi connectivity index (χ4n) is 1.06. The Kier molecular flexibility index (Phi) is 4.25. The molecule has 0 amide bonds. The second-order valence-corrected chi connectivity index (χ2v) is 3.56. The van der Waals surface area contributed by atoms with Crippen molar-refractivity contribution in [3.63, 3.8) is 0 Å². The lowest BCUT2D eigenvalue weighted by molar-refractivity contribution is 0.0524. The largest absolute Gasteiger partial charge is 0.462 e. The van der Waals surface area contributed by atoms with E-state index in [-0.39, 0.29) is 0 Å². The molecular weight excluding hydrogens is 260 g/mol. The summed E-state index contributed by atoms with van der Waals surface area (Å²) in [6.07, 6.45) is 1.53. The molecule has 0 aromatic carbocycles. The molecule has 0 aliphatic rings. The van der Waals surface area contributed by atoms with Crippen molar-refractivity contribution in [3.05, 3.63) is 29.6 Å². The number of nitrogens with zero attached hydrogens (tertiary/aromatic N) is 2. The van der Waals surface area contributed by atoms with Crippen LogP contribution < -0.4 is 0 Å². The van der Waals surface area contributed by atoms with Crippen LogP contribution in [0, 0.1) is 11.3 Å². The molecule has 0 aliphatic heterocycles. The first-order valence-corrected chi connectivity index (χ1v) is 5.28. The smallest absolute Gasteiger partial charge is 0.340 e. The number of nitriles is 1. The van der Waals surface area contributed by atoms with E-state index in [0.717, 1.165) is 0 Å². The van der Waals surface area contributed by atoms with Gasteiger partial charge in [-0.1, -0.05) is 15.9 Å². The van der Waals surface area contributed by atoms with Gasteiger partial charge in [0.2, 0.25) is 0 Å². The highest BCUT2D eigenvalue weighted by Crippen LogP contribution is 2.23. The topological polar surface area (TPSA) is 63.0 Å². The van der Waals surface area contributed by atoms with Gasteiger partial charge in [0.05, 0.1) is 23.9 Å². The van der Waals surface area contributed by atoms with Crippen molar-refractivity contribution >= 4 is 21.9 Å². The van der Waals surface area contributed by atoms with E-state index >= 15 is 0 Å². The van der Waals surface area contributed by atoms with E-state index in [0.29, 0.717) is 17.9 Å². The van der Waals surface area contributed by atoms with Gasteiger partial charge in [0.25, 0.3) is 0 Å². The highest BCUT2D eigenvalue weighted by atomic mass is 79.9. The van der Waals surface area contributed by atoms with Crippen molar-refractivity contribution in [2.75, 3.05) is 6.61 Å². The molecule has 1 heterocycles. The number of aromatic nitrogens is 1. The summed E-state index contributed by atoms with van der Waals surface area (Å²) in [4.78, 5) is 14.9. The van der Waals surface area contributed by atoms with Crippen molar-refractivity contribution in [2.24, 2.45) is 0 Å². The maximum atomic E-state index is 11.5. The first-order chi connectivity index (χ1) is 7.20.